The molecule has 0 saturated carbocycles. The zero-order chi connectivity index (χ0) is 3.58. The molecule has 0 aromatic heterocycles. The molecule has 0 aliphatic rings. The predicted octanol–water partition coefficient (Wildman–Crippen LogP) is 1.66. The summed E-state index contributed by atoms with van der Waals surface area (Å²) >= 11 is 0. The average molecular weight is 233 g/mol. The van der Waals surface area contributed by atoms with Crippen molar-refractivity contribution >= 4 is 39.0 Å². The maximum absolute atomic E-state index is 3.76. The van der Waals surface area contributed by atoms with Crippen LogP contribution in [0.2, 0.25) is 0 Å². The summed E-state index contributed by atoms with van der Waals surface area (Å²) in [5, 5.41) is 0. The summed E-state index contributed by atoms with van der Waals surface area (Å²) in [7, 11) is 10.8. The second-order valence-electron chi connectivity index (χ2n) is 0.200. The van der Waals surface area contributed by atoms with Crippen molar-refractivity contribution in [3.05, 3.63) is 0 Å². The molecule has 0 rings (SSSR count). The van der Waals surface area contributed by atoms with E-state index in [-0.39, 0.29) is 17.1 Å². The van der Waals surface area contributed by atoms with E-state index in [2.05, 4.69) is 22.0 Å². The summed E-state index contributed by atoms with van der Waals surface area (Å²) in [6.07, 6.45) is 0. The van der Waals surface area contributed by atoms with Gasteiger partial charge < -0.3 is 0 Å². The minimum atomic E-state index is -0.521. The summed E-state index contributed by atoms with van der Waals surface area (Å²) in [5.74, 6) is 0. The molecule has 32 valence electrons. The molecule has 0 radical (unpaired) electrons. The zero-order valence-electron chi connectivity index (χ0n) is 2.17. The van der Waals surface area contributed by atoms with E-state index in [1.165, 1.54) is 0 Å². The van der Waals surface area contributed by atoms with Crippen LogP contribution in [-0.2, 0) is 10.3 Å². The molecule has 0 fully saturated rings. The third kappa shape index (κ3) is 21.9. The molecular formula is H2CoP3Se. The Balaban J connectivity index is 0. The molecule has 0 aromatic carbocycles. The maximum atomic E-state index is 3.76. The van der Waals surface area contributed by atoms with Gasteiger partial charge >= 0.3 is 49.3 Å². The van der Waals surface area contributed by atoms with Crippen LogP contribution in [0.15, 0.2) is 0 Å². The van der Waals surface area contributed by atoms with E-state index in [9.17, 15) is 0 Å². The van der Waals surface area contributed by atoms with Gasteiger partial charge in [-0.1, -0.05) is 0 Å². The van der Waals surface area contributed by atoms with Gasteiger partial charge in [0.25, 0.3) is 0 Å². The van der Waals surface area contributed by atoms with Gasteiger partial charge in [-0.05, 0) is 0 Å². The van der Waals surface area contributed by atoms with Crippen molar-refractivity contribution in [2.45, 2.75) is 0 Å². The van der Waals surface area contributed by atoms with Crippen LogP contribution in [0.5, 0.6) is 0 Å². The first-order chi connectivity index (χ1) is 1.73. The fourth-order valence-corrected chi connectivity index (χ4v) is 0. The van der Waals surface area contributed by atoms with E-state index in [1.54, 1.807) is 0 Å². The Bertz CT molecular complexity index is 222. The molecule has 0 nitrogen and oxygen atoms in total. The summed E-state index contributed by atoms with van der Waals surface area (Å²) in [4.78, 5) is 0. The van der Waals surface area contributed by atoms with E-state index in [1.807, 2.05) is 0 Å². The molecule has 0 atom stereocenters. The van der Waals surface area contributed by atoms with Crippen molar-refractivity contribution < 1.29 is 10.3 Å². The fraction of sp³-hybridized carbons (Fsp3) is 0. The van der Waals surface area contributed by atoms with Crippen LogP contribution in [0.3, 0.4) is 0 Å². The Hall–Kier alpha value is 2.32. The normalized spacial score (nSPS) is 4.20. The summed E-state index contributed by atoms with van der Waals surface area (Å²) in [6.45, 7) is 0. The van der Waals surface area contributed by atoms with E-state index in [0.29, 0.717) is 0 Å². The first-order valence-corrected chi connectivity index (χ1v) is 5.53. The van der Waals surface area contributed by atoms with Crippen molar-refractivity contribution in [3.8, 4) is 0 Å². The predicted molar refractivity (Wildman–Crippen MR) is 29.3 cm³/mol. The molecule has 0 saturated heterocycles. The molecule has 0 amide bonds. The first kappa shape index (κ1) is 10.3. The quantitative estimate of drug-likeness (QED) is 0.440. The van der Waals surface area contributed by atoms with Crippen molar-refractivity contribution in [1.82, 2.24) is 0 Å². The molecule has 0 spiro atoms. The van der Waals surface area contributed by atoms with Gasteiger partial charge in [0, 0.05) is 0 Å². The van der Waals surface area contributed by atoms with Gasteiger partial charge in [0.2, 0.25) is 0 Å². The van der Waals surface area contributed by atoms with Gasteiger partial charge in [-0.2, -0.15) is 0 Å². The van der Waals surface area contributed by atoms with E-state index in [4.69, 9.17) is 0 Å². The first-order valence-electron chi connectivity index (χ1n) is 0.447. The Labute approximate surface area is 49.3 Å². The summed E-state index contributed by atoms with van der Waals surface area (Å²) < 4.78 is 0. The van der Waals surface area contributed by atoms with E-state index in [0.717, 1.165) is 0 Å². The molecule has 0 unspecified atom stereocenters. The van der Waals surface area contributed by atoms with Crippen LogP contribution in [0.1, 0.15) is 0 Å². The Morgan fingerprint density at radius 3 is 1.00 bits per heavy atom. The van der Waals surface area contributed by atoms with Crippen LogP contribution in [-0.4, -0.2) is 17.1 Å². The van der Waals surface area contributed by atoms with Gasteiger partial charge in [-0.15, -0.1) is 0 Å². The Morgan fingerprint density at radius 1 is 1.00 bits per heavy atom. The SMILES string of the molecule is [P]#[Co](#[P])#[P].[SeH2]. The van der Waals surface area contributed by atoms with Crippen LogP contribution in [0, 0.1) is 0 Å². The van der Waals surface area contributed by atoms with Crippen LogP contribution >= 0.6 is 22.0 Å². The van der Waals surface area contributed by atoms with Gasteiger partial charge in [-0.25, -0.2) is 0 Å². The molecule has 0 heterocycles. The molecule has 0 aromatic rings. The van der Waals surface area contributed by atoms with Gasteiger partial charge in [0.1, 0.15) is 0 Å². The molecule has 5 heteroatoms. The fourth-order valence-electron chi connectivity index (χ4n) is 0. The molecular weight excluding hydrogens is 231 g/mol. The second-order valence-corrected chi connectivity index (χ2v) is 7.42. The Kier molecular flexibility index (Phi) is 13.0. The van der Waals surface area contributed by atoms with E-state index < -0.39 is 10.3 Å². The van der Waals surface area contributed by atoms with Crippen molar-refractivity contribution in [2.75, 3.05) is 0 Å². The minimum absolute atomic E-state index is 0. The number of rotatable bonds is 0. The molecule has 5 heavy (non-hydrogen) atoms. The van der Waals surface area contributed by atoms with Crippen LogP contribution in [0.25, 0.3) is 0 Å². The second kappa shape index (κ2) is 6.32. The third-order valence-corrected chi connectivity index (χ3v) is 0. The van der Waals surface area contributed by atoms with Crippen LogP contribution < -0.4 is 0 Å². The van der Waals surface area contributed by atoms with Crippen molar-refractivity contribution in [1.29, 1.82) is 0 Å². The van der Waals surface area contributed by atoms with E-state index >= 15 is 0 Å². The standard InChI is InChI=1S/Co.3P.H2Se/h;;;;1H2. The summed E-state index contributed by atoms with van der Waals surface area (Å²) in [6, 6.07) is 0. The number of hydrogen-bond donors (Lipinski definition) is 0. The zero-order valence-corrected chi connectivity index (χ0v) is 8.00. The molecule has 0 N–H and O–H groups in total. The molecule has 0 aliphatic heterocycles. The summed E-state index contributed by atoms with van der Waals surface area (Å²) in [5.41, 5.74) is 0. The topological polar surface area (TPSA) is 0 Å². The van der Waals surface area contributed by atoms with Gasteiger partial charge in [-0.3, -0.25) is 0 Å². The van der Waals surface area contributed by atoms with Crippen molar-refractivity contribution in [2.24, 2.45) is 0 Å². The molecule has 0 bridgehead atoms. The monoisotopic (exact) mass is 234 g/mol. The van der Waals surface area contributed by atoms with Gasteiger partial charge in [0.05, 0.1) is 0 Å². The van der Waals surface area contributed by atoms with Crippen LogP contribution in [0.4, 0.5) is 0 Å². The Morgan fingerprint density at radius 2 is 1.00 bits per heavy atom. The third-order valence-electron chi connectivity index (χ3n) is 0. The molecule has 0 aliphatic carbocycles. The number of hydrogen-bond acceptors (Lipinski definition) is 0. The van der Waals surface area contributed by atoms with Gasteiger partial charge in [0.15, 0.2) is 0 Å². The average Bonchev–Trinajstić information content (AvgIpc) is 0.811. The van der Waals surface area contributed by atoms with Crippen molar-refractivity contribution in [3.63, 3.8) is 0 Å².